The number of likely N-dealkylation sites (tertiary alicyclic amines) is 1. The van der Waals surface area contributed by atoms with E-state index in [4.69, 9.17) is 0 Å². The second kappa shape index (κ2) is 9.38. The molecule has 0 unspecified atom stereocenters. The zero-order chi connectivity index (χ0) is 22.7. The average Bonchev–Trinajstić information content (AvgIpc) is 3.53. The zero-order valence-corrected chi connectivity index (χ0v) is 18.9. The normalized spacial score (nSPS) is 13.5. The quantitative estimate of drug-likeness (QED) is 0.592. The van der Waals surface area contributed by atoms with Gasteiger partial charge in [-0.15, -0.1) is 0 Å². The Morgan fingerprint density at radius 1 is 1.12 bits per heavy atom. The van der Waals surface area contributed by atoms with Crippen LogP contribution in [0.4, 0.5) is 5.69 Å². The molecule has 1 aliphatic heterocycles. The van der Waals surface area contributed by atoms with Crippen molar-refractivity contribution >= 4 is 17.5 Å². The van der Waals surface area contributed by atoms with Gasteiger partial charge < -0.3 is 10.2 Å². The fourth-order valence-corrected chi connectivity index (χ4v) is 4.27. The summed E-state index contributed by atoms with van der Waals surface area (Å²) in [6.45, 7) is 8.56. The highest BCUT2D eigenvalue weighted by molar-refractivity contribution is 6.03. The summed E-state index contributed by atoms with van der Waals surface area (Å²) in [7, 11) is 0. The number of amides is 2. The first-order chi connectivity index (χ1) is 15.5. The summed E-state index contributed by atoms with van der Waals surface area (Å²) in [5.41, 5.74) is 5.76. The lowest BCUT2D eigenvalue weighted by atomic mass is 10.1. The molecule has 3 heterocycles. The number of nitrogens with zero attached hydrogens (tertiary/aromatic N) is 4. The van der Waals surface area contributed by atoms with Gasteiger partial charge in [0.2, 0.25) is 5.91 Å². The minimum atomic E-state index is -0.251. The maximum Gasteiger partial charge on any atom is 0.273 e. The Balaban J connectivity index is 1.36. The zero-order valence-electron chi connectivity index (χ0n) is 18.9. The lowest BCUT2D eigenvalue weighted by molar-refractivity contribution is -0.130. The molecular weight excluding hydrogens is 404 g/mol. The highest BCUT2D eigenvalue weighted by Gasteiger charge is 2.19. The smallest absolute Gasteiger partial charge is 0.273 e. The summed E-state index contributed by atoms with van der Waals surface area (Å²) < 4.78 is 1.93. The van der Waals surface area contributed by atoms with Crippen LogP contribution >= 0.6 is 0 Å². The van der Waals surface area contributed by atoms with E-state index in [-0.39, 0.29) is 11.8 Å². The van der Waals surface area contributed by atoms with Crippen LogP contribution in [0.5, 0.6) is 0 Å². The molecular formula is C24H30N6O2. The summed E-state index contributed by atoms with van der Waals surface area (Å²) in [6.07, 6.45) is 3.45. The molecule has 3 aromatic rings. The van der Waals surface area contributed by atoms with Gasteiger partial charge in [-0.2, -0.15) is 10.2 Å². The van der Waals surface area contributed by atoms with Crippen LogP contribution in [0.25, 0.3) is 11.3 Å². The van der Waals surface area contributed by atoms with E-state index >= 15 is 0 Å². The number of H-pyrrole nitrogens is 1. The number of aryl methyl sites for hydroxylation is 3. The summed E-state index contributed by atoms with van der Waals surface area (Å²) in [5, 5.41) is 14.6. The van der Waals surface area contributed by atoms with Crippen LogP contribution in [0.3, 0.4) is 0 Å². The van der Waals surface area contributed by atoms with E-state index in [0.717, 1.165) is 55.0 Å². The van der Waals surface area contributed by atoms with Gasteiger partial charge in [-0.1, -0.05) is 12.1 Å². The van der Waals surface area contributed by atoms with Crippen molar-refractivity contribution in [1.82, 2.24) is 24.9 Å². The lowest BCUT2D eigenvalue weighted by Gasteiger charge is -2.15. The van der Waals surface area contributed by atoms with E-state index in [0.29, 0.717) is 29.9 Å². The van der Waals surface area contributed by atoms with Gasteiger partial charge >= 0.3 is 0 Å². The van der Waals surface area contributed by atoms with Crippen LogP contribution in [0.2, 0.25) is 0 Å². The second-order valence-electron chi connectivity index (χ2n) is 8.27. The molecule has 1 aliphatic rings. The summed E-state index contributed by atoms with van der Waals surface area (Å²) in [6, 6.07) is 9.40. The molecule has 0 saturated carbocycles. The van der Waals surface area contributed by atoms with Gasteiger partial charge in [0, 0.05) is 43.0 Å². The summed E-state index contributed by atoms with van der Waals surface area (Å²) >= 11 is 0. The monoisotopic (exact) mass is 434 g/mol. The molecule has 0 aliphatic carbocycles. The number of aromatic amines is 1. The molecule has 0 spiro atoms. The van der Waals surface area contributed by atoms with Crippen molar-refractivity contribution in [2.24, 2.45) is 0 Å². The van der Waals surface area contributed by atoms with Crippen LogP contribution in [0, 0.1) is 13.8 Å². The first-order valence-corrected chi connectivity index (χ1v) is 11.2. The molecule has 2 N–H and O–H groups in total. The third-order valence-electron chi connectivity index (χ3n) is 6.06. The Labute approximate surface area is 188 Å². The SMILES string of the molecule is CCn1nc(C)c(-c2cc(C(=O)Nc3ccc(CCC(=O)N4CCCC4)cc3)[nH]n2)c1C. The molecule has 4 rings (SSSR count). The number of hydrogen-bond donors (Lipinski definition) is 2. The van der Waals surface area contributed by atoms with Gasteiger partial charge in [0.05, 0.1) is 11.4 Å². The highest BCUT2D eigenvalue weighted by atomic mass is 16.2. The number of aromatic nitrogens is 4. The van der Waals surface area contributed by atoms with E-state index in [1.807, 2.05) is 54.6 Å². The van der Waals surface area contributed by atoms with Gasteiger partial charge in [0.1, 0.15) is 5.69 Å². The fourth-order valence-electron chi connectivity index (χ4n) is 4.27. The topological polar surface area (TPSA) is 95.9 Å². The minimum absolute atomic E-state index is 0.227. The van der Waals surface area contributed by atoms with Crippen molar-refractivity contribution in [3.8, 4) is 11.3 Å². The number of hydrogen-bond acceptors (Lipinski definition) is 4. The van der Waals surface area contributed by atoms with E-state index < -0.39 is 0 Å². The van der Waals surface area contributed by atoms with Crippen molar-refractivity contribution in [3.63, 3.8) is 0 Å². The van der Waals surface area contributed by atoms with Gasteiger partial charge in [-0.25, -0.2) is 0 Å². The maximum atomic E-state index is 12.7. The standard InChI is InChI=1S/C24H30N6O2/c1-4-30-17(3)23(16(2)28-30)20-15-21(27-26-20)24(32)25-19-10-7-18(8-11-19)9-12-22(31)29-13-5-6-14-29/h7-8,10-11,15H,4-6,9,12-14H2,1-3H3,(H,25,32)(H,26,27). The van der Waals surface area contributed by atoms with E-state index in [9.17, 15) is 9.59 Å². The van der Waals surface area contributed by atoms with Crippen LogP contribution in [-0.4, -0.2) is 49.8 Å². The number of carbonyl (C=O) groups excluding carboxylic acids is 2. The van der Waals surface area contributed by atoms with E-state index in [2.05, 4.69) is 20.6 Å². The first-order valence-electron chi connectivity index (χ1n) is 11.2. The Bertz CT molecular complexity index is 1110. The van der Waals surface area contributed by atoms with Gasteiger partial charge in [-0.05, 0) is 63.8 Å². The lowest BCUT2D eigenvalue weighted by Crippen LogP contribution is -2.27. The molecule has 0 bridgehead atoms. The first kappa shape index (κ1) is 21.8. The van der Waals surface area contributed by atoms with Crippen molar-refractivity contribution in [2.75, 3.05) is 18.4 Å². The van der Waals surface area contributed by atoms with Crippen LogP contribution in [-0.2, 0) is 17.8 Å². The predicted molar refractivity (Wildman–Crippen MR) is 123 cm³/mol. The van der Waals surface area contributed by atoms with Crippen LogP contribution < -0.4 is 5.32 Å². The second-order valence-corrected chi connectivity index (χ2v) is 8.27. The number of benzene rings is 1. The molecule has 1 saturated heterocycles. The molecule has 0 radical (unpaired) electrons. The maximum absolute atomic E-state index is 12.7. The van der Waals surface area contributed by atoms with Crippen LogP contribution in [0.1, 0.15) is 53.6 Å². The van der Waals surface area contributed by atoms with Gasteiger partial charge in [0.25, 0.3) is 5.91 Å². The number of carbonyl (C=O) groups is 2. The highest BCUT2D eigenvalue weighted by Crippen LogP contribution is 2.26. The fraction of sp³-hybridized carbons (Fsp3) is 0.417. The molecule has 1 aromatic carbocycles. The van der Waals surface area contributed by atoms with Crippen LogP contribution in [0.15, 0.2) is 30.3 Å². The molecule has 0 atom stereocenters. The Kier molecular flexibility index (Phi) is 6.39. The largest absolute Gasteiger partial charge is 0.343 e. The molecule has 1 fully saturated rings. The van der Waals surface area contributed by atoms with Crippen molar-refractivity contribution in [3.05, 3.63) is 53.0 Å². The molecule has 2 aromatic heterocycles. The Hall–Kier alpha value is -3.42. The van der Waals surface area contributed by atoms with E-state index in [1.54, 1.807) is 6.07 Å². The molecule has 32 heavy (non-hydrogen) atoms. The predicted octanol–water partition coefficient (Wildman–Crippen LogP) is 3.72. The number of nitrogens with one attached hydrogen (secondary N) is 2. The number of rotatable bonds is 7. The molecule has 8 nitrogen and oxygen atoms in total. The third-order valence-corrected chi connectivity index (χ3v) is 6.06. The molecule has 168 valence electrons. The average molecular weight is 435 g/mol. The summed E-state index contributed by atoms with van der Waals surface area (Å²) in [5.74, 6) is -0.0243. The van der Waals surface area contributed by atoms with Crippen molar-refractivity contribution in [1.29, 1.82) is 0 Å². The van der Waals surface area contributed by atoms with Gasteiger partial charge in [-0.3, -0.25) is 19.4 Å². The molecule has 2 amide bonds. The Morgan fingerprint density at radius 3 is 2.50 bits per heavy atom. The minimum Gasteiger partial charge on any atom is -0.343 e. The molecule has 8 heteroatoms. The van der Waals surface area contributed by atoms with Crippen molar-refractivity contribution < 1.29 is 9.59 Å². The van der Waals surface area contributed by atoms with E-state index in [1.165, 1.54) is 0 Å². The third kappa shape index (κ3) is 4.59. The van der Waals surface area contributed by atoms with Crippen molar-refractivity contribution in [2.45, 2.75) is 53.0 Å². The van der Waals surface area contributed by atoms with Gasteiger partial charge in [0.15, 0.2) is 0 Å². The Morgan fingerprint density at radius 2 is 1.84 bits per heavy atom. The number of anilines is 1. The summed E-state index contributed by atoms with van der Waals surface area (Å²) in [4.78, 5) is 26.8.